The molecule has 0 radical (unpaired) electrons. The van der Waals surface area contributed by atoms with E-state index < -0.39 is 0 Å². The Morgan fingerprint density at radius 3 is 2.64 bits per heavy atom. The summed E-state index contributed by atoms with van der Waals surface area (Å²) in [5.74, 6) is 0.983. The summed E-state index contributed by atoms with van der Waals surface area (Å²) in [6.07, 6.45) is 13.5. The van der Waals surface area contributed by atoms with Crippen molar-refractivity contribution in [3.05, 3.63) is 18.7 Å². The molecule has 5 nitrogen and oxygen atoms in total. The van der Waals surface area contributed by atoms with Crippen molar-refractivity contribution in [2.75, 3.05) is 19.6 Å². The number of nitrogens with zero attached hydrogens (tertiary/aromatic N) is 4. The molecule has 5 heteroatoms. The van der Waals surface area contributed by atoms with E-state index in [4.69, 9.17) is 0 Å². The first-order chi connectivity index (χ1) is 12.1. The first-order valence-corrected chi connectivity index (χ1v) is 10.1. The molecule has 1 aromatic rings. The Kier molecular flexibility index (Phi) is 6.51. The largest absolute Gasteiger partial charge is 0.340 e. The lowest BCUT2D eigenvalue weighted by Gasteiger charge is -2.38. The number of rotatable bonds is 6. The number of carbonyl (C=O) groups excluding carboxylic acids is 1. The van der Waals surface area contributed by atoms with Gasteiger partial charge >= 0.3 is 0 Å². The van der Waals surface area contributed by atoms with Crippen LogP contribution >= 0.6 is 0 Å². The third-order valence-electron chi connectivity index (χ3n) is 6.07. The fraction of sp³-hybridized carbons (Fsp3) is 0.800. The van der Waals surface area contributed by atoms with E-state index in [-0.39, 0.29) is 0 Å². The summed E-state index contributed by atoms with van der Waals surface area (Å²) >= 11 is 0. The second-order valence-corrected chi connectivity index (χ2v) is 8.10. The molecule has 0 aliphatic carbocycles. The number of likely N-dealkylation sites (tertiary alicyclic amines) is 2. The quantitative estimate of drug-likeness (QED) is 0.794. The summed E-state index contributed by atoms with van der Waals surface area (Å²) in [4.78, 5) is 21.8. The van der Waals surface area contributed by atoms with Crippen LogP contribution in [0, 0.1) is 5.92 Å². The topological polar surface area (TPSA) is 41.4 Å². The molecule has 0 spiro atoms. The van der Waals surface area contributed by atoms with E-state index in [1.807, 2.05) is 18.7 Å². The molecule has 1 atom stereocenters. The van der Waals surface area contributed by atoms with Crippen molar-refractivity contribution in [3.8, 4) is 0 Å². The van der Waals surface area contributed by atoms with E-state index in [2.05, 4.69) is 33.2 Å². The van der Waals surface area contributed by atoms with Crippen molar-refractivity contribution in [2.24, 2.45) is 5.92 Å². The summed E-state index contributed by atoms with van der Waals surface area (Å²) in [5.41, 5.74) is 0. The molecule has 2 fully saturated rings. The van der Waals surface area contributed by atoms with E-state index in [9.17, 15) is 4.79 Å². The van der Waals surface area contributed by atoms with Crippen molar-refractivity contribution >= 4 is 5.91 Å². The molecule has 0 saturated carbocycles. The predicted octanol–water partition coefficient (Wildman–Crippen LogP) is 3.16. The minimum atomic E-state index is 0.401. The van der Waals surface area contributed by atoms with Crippen LogP contribution in [0.4, 0.5) is 0 Å². The Labute approximate surface area is 152 Å². The van der Waals surface area contributed by atoms with Gasteiger partial charge in [-0.15, -0.1) is 0 Å². The van der Waals surface area contributed by atoms with E-state index in [0.29, 0.717) is 23.9 Å². The summed E-state index contributed by atoms with van der Waals surface area (Å²) in [5, 5.41) is 0. The van der Waals surface area contributed by atoms with Gasteiger partial charge in [0.25, 0.3) is 0 Å². The van der Waals surface area contributed by atoms with Gasteiger partial charge in [0.1, 0.15) is 0 Å². The lowest BCUT2D eigenvalue weighted by Crippen LogP contribution is -2.45. The molecule has 0 aromatic carbocycles. The number of aromatic nitrogens is 2. The molecule has 3 rings (SSSR count). The van der Waals surface area contributed by atoms with Gasteiger partial charge in [-0.3, -0.25) is 4.79 Å². The van der Waals surface area contributed by atoms with Crippen LogP contribution in [0.1, 0.15) is 58.8 Å². The second kappa shape index (κ2) is 8.84. The molecule has 25 heavy (non-hydrogen) atoms. The molecule has 1 amide bonds. The highest BCUT2D eigenvalue weighted by Gasteiger charge is 2.29. The minimum Gasteiger partial charge on any atom is -0.340 e. The van der Waals surface area contributed by atoms with E-state index in [0.717, 1.165) is 45.4 Å². The maximum Gasteiger partial charge on any atom is 0.223 e. The lowest BCUT2D eigenvalue weighted by molar-refractivity contribution is -0.136. The van der Waals surface area contributed by atoms with Crippen LogP contribution < -0.4 is 0 Å². The molecule has 2 aliphatic rings. The van der Waals surface area contributed by atoms with E-state index in [1.165, 1.54) is 25.7 Å². The van der Waals surface area contributed by atoms with Gasteiger partial charge in [0, 0.05) is 44.0 Å². The van der Waals surface area contributed by atoms with Crippen molar-refractivity contribution in [2.45, 2.75) is 77.4 Å². The third kappa shape index (κ3) is 5.06. The monoisotopic (exact) mass is 346 g/mol. The summed E-state index contributed by atoms with van der Waals surface area (Å²) in [6.45, 7) is 8.76. The van der Waals surface area contributed by atoms with Crippen LogP contribution in [-0.4, -0.2) is 57.0 Å². The summed E-state index contributed by atoms with van der Waals surface area (Å²) < 4.78 is 2.12. The Bertz CT molecular complexity index is 520. The minimum absolute atomic E-state index is 0.401. The fourth-order valence-corrected chi connectivity index (χ4v) is 4.38. The molecular formula is C20H34N4O. The average Bonchev–Trinajstić information content (AvgIpc) is 3.14. The molecule has 2 aliphatic heterocycles. The Morgan fingerprint density at radius 2 is 1.96 bits per heavy atom. The number of amides is 1. The Hall–Kier alpha value is -1.36. The predicted molar refractivity (Wildman–Crippen MR) is 100 cm³/mol. The average molecular weight is 347 g/mol. The van der Waals surface area contributed by atoms with Gasteiger partial charge < -0.3 is 14.4 Å². The van der Waals surface area contributed by atoms with Gasteiger partial charge in [-0.05, 0) is 71.4 Å². The molecular weight excluding hydrogens is 312 g/mol. The number of aryl methyl sites for hydroxylation is 1. The normalized spacial score (nSPS) is 23.3. The van der Waals surface area contributed by atoms with Crippen LogP contribution in [0.25, 0.3) is 0 Å². The zero-order chi connectivity index (χ0) is 17.6. The molecule has 2 saturated heterocycles. The van der Waals surface area contributed by atoms with Crippen LogP contribution in [0.15, 0.2) is 18.7 Å². The summed E-state index contributed by atoms with van der Waals surface area (Å²) in [6, 6.07) is 1.05. The van der Waals surface area contributed by atoms with Gasteiger partial charge in [0.05, 0.1) is 6.33 Å². The van der Waals surface area contributed by atoms with Gasteiger partial charge in [-0.1, -0.05) is 0 Å². The number of carbonyl (C=O) groups is 1. The summed E-state index contributed by atoms with van der Waals surface area (Å²) in [7, 11) is 0. The van der Waals surface area contributed by atoms with E-state index in [1.54, 1.807) is 0 Å². The molecule has 0 N–H and O–H groups in total. The van der Waals surface area contributed by atoms with Crippen molar-refractivity contribution in [1.82, 2.24) is 19.4 Å². The highest BCUT2D eigenvalue weighted by molar-refractivity contribution is 5.77. The first kappa shape index (κ1) is 18.4. The molecule has 1 aromatic heterocycles. The smallest absolute Gasteiger partial charge is 0.223 e. The first-order valence-electron chi connectivity index (χ1n) is 10.1. The van der Waals surface area contributed by atoms with Crippen molar-refractivity contribution < 1.29 is 4.79 Å². The maximum absolute atomic E-state index is 12.9. The zero-order valence-corrected chi connectivity index (χ0v) is 15.9. The van der Waals surface area contributed by atoms with E-state index >= 15 is 0 Å². The van der Waals surface area contributed by atoms with Gasteiger partial charge in [-0.2, -0.15) is 0 Å². The van der Waals surface area contributed by atoms with Crippen molar-refractivity contribution in [1.29, 1.82) is 0 Å². The highest BCUT2D eigenvalue weighted by atomic mass is 16.2. The Morgan fingerprint density at radius 1 is 1.16 bits per heavy atom. The molecule has 140 valence electrons. The zero-order valence-electron chi connectivity index (χ0n) is 15.9. The van der Waals surface area contributed by atoms with Crippen LogP contribution in [0.5, 0.6) is 0 Å². The lowest BCUT2D eigenvalue weighted by atomic mass is 9.91. The van der Waals surface area contributed by atoms with Crippen molar-refractivity contribution in [3.63, 3.8) is 0 Å². The fourth-order valence-electron chi connectivity index (χ4n) is 4.38. The number of hydrogen-bond donors (Lipinski definition) is 0. The third-order valence-corrected chi connectivity index (χ3v) is 6.07. The number of hydrogen-bond acceptors (Lipinski definition) is 3. The van der Waals surface area contributed by atoms with Crippen LogP contribution in [0.2, 0.25) is 0 Å². The Balaban J connectivity index is 1.49. The highest BCUT2D eigenvalue weighted by Crippen LogP contribution is 2.26. The number of piperidine rings is 2. The standard InChI is InChI=1S/C20H34N4O/c1-17(2)23-12-6-18(7-13-23)15-20(25)24-10-4-3-5-19(24)8-11-22-14-9-21-16-22/h9,14,16-19H,3-8,10-13,15H2,1-2H3/t19-/m1/s1. The second-order valence-electron chi connectivity index (χ2n) is 8.10. The van der Waals surface area contributed by atoms with Gasteiger partial charge in [0.15, 0.2) is 0 Å². The molecule has 0 unspecified atom stereocenters. The van der Waals surface area contributed by atoms with Crippen LogP contribution in [0.3, 0.4) is 0 Å². The van der Waals surface area contributed by atoms with Gasteiger partial charge in [-0.25, -0.2) is 4.98 Å². The van der Waals surface area contributed by atoms with Gasteiger partial charge in [0.2, 0.25) is 5.91 Å². The maximum atomic E-state index is 12.9. The number of imidazole rings is 1. The molecule has 3 heterocycles. The van der Waals surface area contributed by atoms with Crippen LogP contribution in [-0.2, 0) is 11.3 Å². The molecule has 0 bridgehead atoms. The SMILES string of the molecule is CC(C)N1CCC(CC(=O)N2CCCC[C@@H]2CCn2ccnc2)CC1.